The molecule has 19 heavy (non-hydrogen) atoms. The maximum atomic E-state index is 12.3. The third-order valence-corrected chi connectivity index (χ3v) is 4.07. The summed E-state index contributed by atoms with van der Waals surface area (Å²) in [5.41, 5.74) is 1.46. The molecule has 1 aromatic heterocycles. The van der Waals surface area contributed by atoms with Crippen LogP contribution in [0.25, 0.3) is 0 Å². The average Bonchev–Trinajstić information content (AvgIpc) is 3.04. The smallest absolute Gasteiger partial charge is 0.255 e. The summed E-state index contributed by atoms with van der Waals surface area (Å²) in [4.78, 5) is 18.1. The molecule has 0 N–H and O–H groups in total. The van der Waals surface area contributed by atoms with Crippen LogP contribution in [0, 0.1) is 11.3 Å². The largest absolute Gasteiger partial charge is 0.318 e. The van der Waals surface area contributed by atoms with Crippen molar-refractivity contribution < 1.29 is 4.79 Å². The molecule has 1 atom stereocenters. The molecule has 94 valence electrons. The normalized spacial score (nSPS) is 17.3. The van der Waals surface area contributed by atoms with Gasteiger partial charge in [-0.1, -0.05) is 18.2 Å². The Bertz CT molecular complexity index is 645. The second-order valence-electron chi connectivity index (χ2n) is 4.29. The summed E-state index contributed by atoms with van der Waals surface area (Å²) in [5, 5.41) is 12.2. The third kappa shape index (κ3) is 2.00. The fourth-order valence-electron chi connectivity index (χ4n) is 2.33. The summed E-state index contributed by atoms with van der Waals surface area (Å²) in [5.74, 6) is -0.0568. The van der Waals surface area contributed by atoms with E-state index < -0.39 is 6.04 Å². The van der Waals surface area contributed by atoms with Gasteiger partial charge in [-0.2, -0.15) is 5.26 Å². The third-order valence-electron chi connectivity index (χ3n) is 3.23. The van der Waals surface area contributed by atoms with E-state index in [0.717, 1.165) is 10.6 Å². The molecule has 0 aliphatic carbocycles. The highest BCUT2D eigenvalue weighted by molar-refractivity contribution is 7.09. The van der Waals surface area contributed by atoms with Gasteiger partial charge in [0.25, 0.3) is 5.91 Å². The van der Waals surface area contributed by atoms with Crippen molar-refractivity contribution in [1.82, 2.24) is 9.88 Å². The monoisotopic (exact) mass is 269 g/mol. The number of amides is 1. The highest BCUT2D eigenvalue weighted by atomic mass is 32.1. The number of aromatic nitrogens is 1. The van der Waals surface area contributed by atoms with E-state index in [1.165, 1.54) is 0 Å². The number of thiazole rings is 1. The summed E-state index contributed by atoms with van der Waals surface area (Å²) in [6.07, 6.45) is 2.44. The minimum atomic E-state index is -0.469. The molecule has 0 saturated carbocycles. The molecule has 3 rings (SSSR count). The van der Waals surface area contributed by atoms with Crippen LogP contribution in [0.3, 0.4) is 0 Å². The Morgan fingerprint density at radius 1 is 1.42 bits per heavy atom. The minimum Gasteiger partial charge on any atom is -0.318 e. The number of hydrogen-bond acceptors (Lipinski definition) is 4. The Balaban J connectivity index is 1.83. The van der Waals surface area contributed by atoms with Gasteiger partial charge in [-0.05, 0) is 6.07 Å². The number of fused-ring (bicyclic) bond motifs is 1. The lowest BCUT2D eigenvalue weighted by molar-refractivity contribution is 0.0759. The van der Waals surface area contributed by atoms with Crippen LogP contribution in [0.1, 0.15) is 27.0 Å². The van der Waals surface area contributed by atoms with Crippen molar-refractivity contribution in [2.45, 2.75) is 12.5 Å². The van der Waals surface area contributed by atoms with Crippen LogP contribution < -0.4 is 0 Å². The molecule has 0 bridgehead atoms. The molecule has 0 saturated heterocycles. The first-order valence-corrected chi connectivity index (χ1v) is 6.87. The first-order chi connectivity index (χ1) is 9.31. The number of nitriles is 1. The van der Waals surface area contributed by atoms with Crippen LogP contribution in [-0.4, -0.2) is 22.3 Å². The number of carbonyl (C=O) groups excluding carboxylic acids is 1. The van der Waals surface area contributed by atoms with Crippen LogP contribution in [0.15, 0.2) is 35.8 Å². The van der Waals surface area contributed by atoms with Crippen molar-refractivity contribution in [3.05, 3.63) is 52.0 Å². The number of hydrogen-bond donors (Lipinski definition) is 0. The summed E-state index contributed by atoms with van der Waals surface area (Å²) in [7, 11) is 0. The van der Waals surface area contributed by atoms with Gasteiger partial charge in [0.1, 0.15) is 6.04 Å². The van der Waals surface area contributed by atoms with Crippen molar-refractivity contribution in [3.8, 4) is 6.07 Å². The van der Waals surface area contributed by atoms with E-state index in [1.807, 2.05) is 23.6 Å². The van der Waals surface area contributed by atoms with Gasteiger partial charge in [-0.3, -0.25) is 4.79 Å². The van der Waals surface area contributed by atoms with Crippen LogP contribution in [-0.2, 0) is 6.42 Å². The molecule has 1 amide bonds. The minimum absolute atomic E-state index is 0.0568. The SMILES string of the molecule is N#CC1c2ccccc2C(=O)N1CCc1nccs1. The van der Waals surface area contributed by atoms with E-state index in [9.17, 15) is 10.1 Å². The second-order valence-corrected chi connectivity index (χ2v) is 5.27. The molecule has 0 spiro atoms. The Hall–Kier alpha value is -2.19. The lowest BCUT2D eigenvalue weighted by atomic mass is 10.1. The average molecular weight is 269 g/mol. The Morgan fingerprint density at radius 3 is 3.00 bits per heavy atom. The maximum Gasteiger partial charge on any atom is 0.255 e. The second kappa shape index (κ2) is 4.82. The highest BCUT2D eigenvalue weighted by Gasteiger charge is 2.36. The lowest BCUT2D eigenvalue weighted by Gasteiger charge is -2.19. The predicted molar refractivity (Wildman–Crippen MR) is 71.7 cm³/mol. The van der Waals surface area contributed by atoms with Crippen LogP contribution in [0.5, 0.6) is 0 Å². The fraction of sp³-hybridized carbons (Fsp3) is 0.214. The summed E-state index contributed by atoms with van der Waals surface area (Å²) in [6, 6.07) is 9.08. The topological polar surface area (TPSA) is 57.0 Å². The molecule has 2 heterocycles. The molecule has 1 unspecified atom stereocenters. The van der Waals surface area contributed by atoms with Crippen molar-refractivity contribution >= 4 is 17.2 Å². The molecule has 1 aromatic carbocycles. The van der Waals surface area contributed by atoms with Crippen LogP contribution in [0.4, 0.5) is 0 Å². The van der Waals surface area contributed by atoms with Gasteiger partial charge in [-0.15, -0.1) is 11.3 Å². The first kappa shape index (κ1) is 11.9. The van der Waals surface area contributed by atoms with Crippen molar-refractivity contribution in [1.29, 1.82) is 5.26 Å². The summed E-state index contributed by atoms with van der Waals surface area (Å²) < 4.78 is 0. The van der Waals surface area contributed by atoms with Gasteiger partial charge in [0.15, 0.2) is 0 Å². The van der Waals surface area contributed by atoms with Gasteiger partial charge in [0.2, 0.25) is 0 Å². The van der Waals surface area contributed by atoms with E-state index in [-0.39, 0.29) is 5.91 Å². The Morgan fingerprint density at radius 2 is 2.26 bits per heavy atom. The van der Waals surface area contributed by atoms with Gasteiger partial charge in [0.05, 0.1) is 11.1 Å². The molecular weight excluding hydrogens is 258 g/mol. The molecule has 5 heteroatoms. The van der Waals surface area contributed by atoms with Crippen molar-refractivity contribution in [2.75, 3.05) is 6.54 Å². The zero-order chi connectivity index (χ0) is 13.2. The first-order valence-electron chi connectivity index (χ1n) is 5.99. The number of benzene rings is 1. The molecule has 2 aromatic rings. The molecular formula is C14H11N3OS. The fourth-order valence-corrected chi connectivity index (χ4v) is 2.94. The van der Waals surface area contributed by atoms with E-state index in [4.69, 9.17) is 0 Å². The number of rotatable bonds is 3. The van der Waals surface area contributed by atoms with E-state index in [0.29, 0.717) is 18.5 Å². The van der Waals surface area contributed by atoms with Crippen molar-refractivity contribution in [3.63, 3.8) is 0 Å². The molecule has 0 radical (unpaired) electrons. The van der Waals surface area contributed by atoms with Crippen LogP contribution >= 0.6 is 11.3 Å². The van der Waals surface area contributed by atoms with E-state index in [1.54, 1.807) is 28.5 Å². The molecule has 1 aliphatic rings. The van der Waals surface area contributed by atoms with E-state index in [2.05, 4.69) is 11.1 Å². The van der Waals surface area contributed by atoms with E-state index >= 15 is 0 Å². The summed E-state index contributed by atoms with van der Waals surface area (Å²) in [6.45, 7) is 0.527. The standard InChI is InChI=1S/C14H11N3OS/c15-9-12-10-3-1-2-4-11(10)14(18)17(12)7-5-13-16-6-8-19-13/h1-4,6,8,12H,5,7H2. The van der Waals surface area contributed by atoms with Gasteiger partial charge >= 0.3 is 0 Å². The zero-order valence-electron chi connectivity index (χ0n) is 10.1. The lowest BCUT2D eigenvalue weighted by Crippen LogP contribution is -2.29. The van der Waals surface area contributed by atoms with Crippen molar-refractivity contribution in [2.24, 2.45) is 0 Å². The Labute approximate surface area is 114 Å². The van der Waals surface area contributed by atoms with Gasteiger partial charge < -0.3 is 4.90 Å². The van der Waals surface area contributed by atoms with Crippen LogP contribution in [0.2, 0.25) is 0 Å². The van der Waals surface area contributed by atoms with Gasteiger partial charge in [-0.25, -0.2) is 4.98 Å². The Kier molecular flexibility index (Phi) is 3.02. The maximum absolute atomic E-state index is 12.3. The number of carbonyl (C=O) groups is 1. The number of nitrogens with zero attached hydrogens (tertiary/aromatic N) is 3. The quantitative estimate of drug-likeness (QED) is 0.859. The molecule has 1 aliphatic heterocycles. The zero-order valence-corrected chi connectivity index (χ0v) is 10.9. The molecule has 4 nitrogen and oxygen atoms in total. The molecule has 0 fully saturated rings. The highest BCUT2D eigenvalue weighted by Crippen LogP contribution is 2.32. The predicted octanol–water partition coefficient (Wildman–Crippen LogP) is 2.41. The van der Waals surface area contributed by atoms with Gasteiger partial charge in [0, 0.05) is 35.7 Å². The summed E-state index contributed by atoms with van der Waals surface area (Å²) >= 11 is 1.57.